The molecule has 0 radical (unpaired) electrons. The molecule has 0 aromatic carbocycles. The van der Waals surface area contributed by atoms with E-state index in [2.05, 4.69) is 26.5 Å². The molecule has 1 saturated carbocycles. The number of nitrogens with zero attached hydrogens (tertiary/aromatic N) is 5. The van der Waals surface area contributed by atoms with Crippen molar-refractivity contribution in [3.8, 4) is 6.07 Å². The third kappa shape index (κ3) is 3.06. The van der Waals surface area contributed by atoms with Gasteiger partial charge in [-0.3, -0.25) is 4.79 Å². The largest absolute Gasteiger partial charge is 0.302 e. The van der Waals surface area contributed by atoms with Gasteiger partial charge in [0.1, 0.15) is 11.6 Å². The van der Waals surface area contributed by atoms with E-state index in [9.17, 15) is 4.79 Å². The molecule has 3 heterocycles. The molecule has 8 heteroatoms. The van der Waals surface area contributed by atoms with Crippen LogP contribution in [0.15, 0.2) is 11.6 Å². The molecule has 26 heavy (non-hydrogen) atoms. The van der Waals surface area contributed by atoms with E-state index in [1.807, 2.05) is 19.2 Å². The molecule has 3 aromatic heterocycles. The minimum atomic E-state index is -0.0567. The van der Waals surface area contributed by atoms with Gasteiger partial charge in [0.05, 0.1) is 11.9 Å². The summed E-state index contributed by atoms with van der Waals surface area (Å²) in [4.78, 5) is 21.3. The molecule has 0 saturated heterocycles. The first-order valence-electron chi connectivity index (χ1n) is 8.56. The Hall–Kier alpha value is -2.79. The minimum absolute atomic E-state index is 0.0567. The number of carbonyl (C=O) groups is 1. The molecule has 0 spiro atoms. The standard InChI is InChI=1S/C18H18N6OS/c1-10-14(11(2)24-17(21-10)13(7-19)8-20-24)5-6-16(25)23-18-22-15(9-26-18)12-3-4-12/h8-9,12H,3-6H2,1-2H3,(H,22,23,25). The van der Waals surface area contributed by atoms with Crippen LogP contribution < -0.4 is 5.32 Å². The van der Waals surface area contributed by atoms with Crippen molar-refractivity contribution < 1.29 is 4.79 Å². The van der Waals surface area contributed by atoms with Crippen LogP contribution in [-0.4, -0.2) is 25.5 Å². The lowest BCUT2D eigenvalue weighted by Crippen LogP contribution is -2.14. The van der Waals surface area contributed by atoms with Crippen molar-refractivity contribution in [2.45, 2.75) is 45.4 Å². The molecule has 1 aliphatic rings. The van der Waals surface area contributed by atoms with Crippen LogP contribution in [0.1, 0.15) is 53.4 Å². The lowest BCUT2D eigenvalue weighted by atomic mass is 10.1. The summed E-state index contributed by atoms with van der Waals surface area (Å²) in [6.45, 7) is 3.84. The second kappa shape index (κ2) is 6.50. The third-order valence-electron chi connectivity index (χ3n) is 4.70. The fraction of sp³-hybridized carbons (Fsp3) is 0.389. The number of anilines is 1. The number of rotatable bonds is 5. The van der Waals surface area contributed by atoms with Crippen molar-refractivity contribution in [2.75, 3.05) is 5.32 Å². The van der Waals surface area contributed by atoms with Crippen LogP contribution in [0, 0.1) is 25.2 Å². The number of aromatic nitrogens is 4. The van der Waals surface area contributed by atoms with Crippen LogP contribution in [0.5, 0.6) is 0 Å². The zero-order valence-electron chi connectivity index (χ0n) is 14.6. The molecule has 1 fully saturated rings. The smallest absolute Gasteiger partial charge is 0.226 e. The van der Waals surface area contributed by atoms with E-state index in [4.69, 9.17) is 5.26 Å². The molecule has 0 atom stereocenters. The Balaban J connectivity index is 1.46. The molecule has 0 bridgehead atoms. The fourth-order valence-corrected chi connectivity index (χ4v) is 3.89. The van der Waals surface area contributed by atoms with Crippen LogP contribution in [0.3, 0.4) is 0 Å². The maximum Gasteiger partial charge on any atom is 0.226 e. The Morgan fingerprint density at radius 3 is 2.96 bits per heavy atom. The summed E-state index contributed by atoms with van der Waals surface area (Å²) in [7, 11) is 0. The Morgan fingerprint density at radius 2 is 2.23 bits per heavy atom. The Morgan fingerprint density at radius 1 is 1.42 bits per heavy atom. The van der Waals surface area contributed by atoms with Crippen LogP contribution in [0.4, 0.5) is 5.13 Å². The van der Waals surface area contributed by atoms with Gasteiger partial charge in [0, 0.05) is 29.1 Å². The number of thiazole rings is 1. The number of fused-ring (bicyclic) bond motifs is 1. The Labute approximate surface area is 154 Å². The normalized spacial score (nSPS) is 13.7. The van der Waals surface area contributed by atoms with Gasteiger partial charge in [-0.25, -0.2) is 14.5 Å². The summed E-state index contributed by atoms with van der Waals surface area (Å²) >= 11 is 1.48. The topological polar surface area (TPSA) is 96.0 Å². The van der Waals surface area contributed by atoms with Gasteiger partial charge in [-0.1, -0.05) is 0 Å². The molecule has 1 N–H and O–H groups in total. The summed E-state index contributed by atoms with van der Waals surface area (Å²) in [5, 5.41) is 19.0. The molecule has 1 aliphatic carbocycles. The fourth-order valence-electron chi connectivity index (χ4n) is 3.08. The van der Waals surface area contributed by atoms with E-state index in [0.29, 0.717) is 35.1 Å². The molecule has 0 aliphatic heterocycles. The highest BCUT2D eigenvalue weighted by molar-refractivity contribution is 7.13. The average Bonchev–Trinajstić information content (AvgIpc) is 3.22. The number of amides is 1. The van der Waals surface area contributed by atoms with Gasteiger partial charge >= 0.3 is 0 Å². The van der Waals surface area contributed by atoms with Crippen molar-refractivity contribution in [2.24, 2.45) is 0 Å². The van der Waals surface area contributed by atoms with Crippen molar-refractivity contribution in [1.29, 1.82) is 5.26 Å². The van der Waals surface area contributed by atoms with Gasteiger partial charge in [-0.15, -0.1) is 11.3 Å². The van der Waals surface area contributed by atoms with Gasteiger partial charge in [0.25, 0.3) is 0 Å². The van der Waals surface area contributed by atoms with Crippen LogP contribution in [0.2, 0.25) is 0 Å². The highest BCUT2D eigenvalue weighted by atomic mass is 32.1. The van der Waals surface area contributed by atoms with Crippen molar-refractivity contribution in [3.63, 3.8) is 0 Å². The average molecular weight is 366 g/mol. The van der Waals surface area contributed by atoms with Gasteiger partial charge in [0.15, 0.2) is 10.8 Å². The van der Waals surface area contributed by atoms with Crippen molar-refractivity contribution in [1.82, 2.24) is 19.6 Å². The Bertz CT molecular complexity index is 1040. The number of carbonyl (C=O) groups excluding carboxylic acids is 1. The molecule has 3 aromatic rings. The van der Waals surface area contributed by atoms with Gasteiger partial charge in [-0.2, -0.15) is 10.4 Å². The highest BCUT2D eigenvalue weighted by Crippen LogP contribution is 2.40. The predicted octanol–water partition coefficient (Wildman–Crippen LogP) is 3.12. The Kier molecular flexibility index (Phi) is 4.17. The number of nitrogens with one attached hydrogen (secondary N) is 1. The van der Waals surface area contributed by atoms with Gasteiger partial charge < -0.3 is 5.32 Å². The monoisotopic (exact) mass is 366 g/mol. The number of hydrogen-bond donors (Lipinski definition) is 1. The van der Waals surface area contributed by atoms with E-state index in [1.165, 1.54) is 30.4 Å². The summed E-state index contributed by atoms with van der Waals surface area (Å²) in [5.74, 6) is 0.533. The summed E-state index contributed by atoms with van der Waals surface area (Å²) in [6.07, 6.45) is 4.83. The zero-order valence-corrected chi connectivity index (χ0v) is 15.4. The molecule has 1 amide bonds. The minimum Gasteiger partial charge on any atom is -0.302 e. The van der Waals surface area contributed by atoms with E-state index >= 15 is 0 Å². The van der Waals surface area contributed by atoms with Crippen LogP contribution in [0.25, 0.3) is 5.65 Å². The van der Waals surface area contributed by atoms with Crippen LogP contribution in [-0.2, 0) is 11.2 Å². The van der Waals surface area contributed by atoms with Crippen molar-refractivity contribution in [3.05, 3.63) is 39.8 Å². The summed E-state index contributed by atoms with van der Waals surface area (Å²) < 4.78 is 1.67. The van der Waals surface area contributed by atoms with E-state index in [-0.39, 0.29) is 5.91 Å². The number of aryl methyl sites for hydroxylation is 2. The van der Waals surface area contributed by atoms with Crippen molar-refractivity contribution >= 4 is 28.0 Å². The molecule has 0 unspecified atom stereocenters. The third-order valence-corrected chi connectivity index (χ3v) is 5.47. The zero-order chi connectivity index (χ0) is 18.3. The van der Waals surface area contributed by atoms with E-state index in [1.54, 1.807) is 4.52 Å². The van der Waals surface area contributed by atoms with Gasteiger partial charge in [-0.05, 0) is 38.7 Å². The highest BCUT2D eigenvalue weighted by Gasteiger charge is 2.26. The van der Waals surface area contributed by atoms with E-state index in [0.717, 1.165) is 22.6 Å². The lowest BCUT2D eigenvalue weighted by molar-refractivity contribution is -0.116. The molecular weight excluding hydrogens is 348 g/mol. The number of hydrogen-bond acceptors (Lipinski definition) is 6. The summed E-state index contributed by atoms with van der Waals surface area (Å²) in [6, 6.07) is 2.10. The SMILES string of the molecule is Cc1nc2c(C#N)cnn2c(C)c1CCC(=O)Nc1nc(C2CC2)cs1. The first kappa shape index (κ1) is 16.7. The lowest BCUT2D eigenvalue weighted by Gasteiger charge is -2.10. The molecule has 132 valence electrons. The predicted molar refractivity (Wildman–Crippen MR) is 98.2 cm³/mol. The second-order valence-electron chi connectivity index (χ2n) is 6.57. The quantitative estimate of drug-likeness (QED) is 0.748. The first-order valence-corrected chi connectivity index (χ1v) is 9.44. The summed E-state index contributed by atoms with van der Waals surface area (Å²) in [5.41, 5.74) is 4.83. The second-order valence-corrected chi connectivity index (χ2v) is 7.42. The van der Waals surface area contributed by atoms with E-state index < -0.39 is 0 Å². The van der Waals surface area contributed by atoms with Gasteiger partial charge in [0.2, 0.25) is 5.91 Å². The maximum atomic E-state index is 12.3. The number of nitriles is 1. The molecular formula is C18H18N6OS. The molecule has 4 rings (SSSR count). The molecule has 7 nitrogen and oxygen atoms in total. The maximum absolute atomic E-state index is 12.3. The van der Waals surface area contributed by atoms with Crippen LogP contribution >= 0.6 is 11.3 Å². The first-order chi connectivity index (χ1) is 12.6.